The minimum Gasteiger partial charge on any atom is -0.462 e. The largest absolute Gasteiger partial charge is 0.472 e. The van der Waals surface area contributed by atoms with Crippen LogP contribution in [0.1, 0.15) is 219 Å². The number of nitrogens with one attached hydrogen (secondary N) is 1. The van der Waals surface area contributed by atoms with Gasteiger partial charge >= 0.3 is 25.9 Å². The van der Waals surface area contributed by atoms with E-state index in [0.717, 1.165) is 32.1 Å². The fraction of sp³-hybridized carbons (Fsp3) is 0.932. The topological polar surface area (TPSA) is 173 Å². The molecule has 0 aliphatic carbocycles. The lowest BCUT2D eigenvalue weighted by Crippen LogP contribution is -2.30. The van der Waals surface area contributed by atoms with Crippen molar-refractivity contribution in [2.24, 2.45) is 5.73 Å². The molecule has 0 aliphatic rings. The van der Waals surface area contributed by atoms with E-state index in [1.165, 1.54) is 148 Å². The number of amides is 1. The lowest BCUT2D eigenvalue weighted by Gasteiger charge is -2.20. The average molecular weight is 835 g/mol. The number of carbonyl (C=O) groups excluding carboxylic acids is 3. The quantitative estimate of drug-likeness (QED) is 0.0231. The maximum Gasteiger partial charge on any atom is 0.472 e. The first-order valence-electron chi connectivity index (χ1n) is 23.3. The highest BCUT2D eigenvalue weighted by Crippen LogP contribution is 2.43. The van der Waals surface area contributed by atoms with Gasteiger partial charge in [-0.05, 0) is 12.8 Å². The smallest absolute Gasteiger partial charge is 0.462 e. The van der Waals surface area contributed by atoms with Gasteiger partial charge in [0.2, 0.25) is 0 Å². The third kappa shape index (κ3) is 42.2. The van der Waals surface area contributed by atoms with Gasteiger partial charge in [0.25, 0.3) is 0 Å². The minimum absolute atomic E-state index is 0.0396. The van der Waals surface area contributed by atoms with E-state index < -0.39 is 38.6 Å². The summed E-state index contributed by atoms with van der Waals surface area (Å²) in [6, 6.07) is 0. The Labute approximate surface area is 348 Å². The molecule has 0 saturated carbocycles. The SMILES string of the molecule is CCCCCCCCCCCCCCCCCC(=O)OC[C@H](COP(=O)(O)OCCNC(=O)OCCN)OC(=O)CCCCCCCCCCCCCCCCC. The molecule has 0 fully saturated rings. The van der Waals surface area contributed by atoms with Crippen molar-refractivity contribution in [3.63, 3.8) is 0 Å². The second-order valence-corrected chi connectivity index (χ2v) is 17.1. The molecule has 1 amide bonds. The summed E-state index contributed by atoms with van der Waals surface area (Å²) in [4.78, 5) is 46.8. The van der Waals surface area contributed by atoms with Crippen LogP contribution in [0.2, 0.25) is 0 Å². The molecule has 0 heterocycles. The Morgan fingerprint density at radius 1 is 0.526 bits per heavy atom. The van der Waals surface area contributed by atoms with Gasteiger partial charge in [0.05, 0.1) is 13.2 Å². The number of unbranched alkanes of at least 4 members (excludes halogenated alkanes) is 28. The molecular weight excluding hydrogens is 747 g/mol. The monoisotopic (exact) mass is 835 g/mol. The zero-order valence-electron chi connectivity index (χ0n) is 36.6. The number of phosphoric ester groups is 1. The second-order valence-electron chi connectivity index (χ2n) is 15.6. The molecule has 0 aromatic heterocycles. The molecule has 0 bridgehead atoms. The van der Waals surface area contributed by atoms with Crippen molar-refractivity contribution in [3.05, 3.63) is 0 Å². The Morgan fingerprint density at radius 2 is 0.912 bits per heavy atom. The van der Waals surface area contributed by atoms with Crippen molar-refractivity contribution in [3.8, 4) is 0 Å². The number of esters is 2. The summed E-state index contributed by atoms with van der Waals surface area (Å²) in [5.41, 5.74) is 5.28. The van der Waals surface area contributed by atoms with E-state index in [2.05, 4.69) is 19.2 Å². The Hall–Kier alpha value is -1.72. The summed E-state index contributed by atoms with van der Waals surface area (Å²) in [5.74, 6) is -0.894. The Bertz CT molecular complexity index is 973. The Kier molecular flexibility index (Phi) is 41.1. The van der Waals surface area contributed by atoms with Crippen LogP contribution in [-0.4, -0.2) is 68.5 Å². The third-order valence-electron chi connectivity index (χ3n) is 10.1. The van der Waals surface area contributed by atoms with Crippen LogP contribution in [0.4, 0.5) is 4.79 Å². The van der Waals surface area contributed by atoms with Gasteiger partial charge in [-0.15, -0.1) is 0 Å². The summed E-state index contributed by atoms with van der Waals surface area (Å²) in [6.07, 6.45) is 35.5. The molecule has 0 aromatic carbocycles. The first-order chi connectivity index (χ1) is 27.7. The van der Waals surface area contributed by atoms with Crippen molar-refractivity contribution in [2.75, 3.05) is 39.5 Å². The highest BCUT2D eigenvalue weighted by Gasteiger charge is 2.26. The van der Waals surface area contributed by atoms with Crippen molar-refractivity contribution in [2.45, 2.75) is 225 Å². The van der Waals surface area contributed by atoms with Crippen LogP contribution in [0.15, 0.2) is 0 Å². The van der Waals surface area contributed by atoms with E-state index in [1.54, 1.807) is 0 Å². The van der Waals surface area contributed by atoms with Crippen LogP contribution in [-0.2, 0) is 37.4 Å². The number of carbonyl (C=O) groups is 3. The molecular formula is C44H87N2O10P. The molecule has 0 radical (unpaired) electrons. The van der Waals surface area contributed by atoms with Crippen LogP contribution in [0.3, 0.4) is 0 Å². The molecule has 2 atom stereocenters. The van der Waals surface area contributed by atoms with Gasteiger partial charge in [-0.2, -0.15) is 0 Å². The minimum atomic E-state index is -4.56. The maximum atomic E-state index is 12.7. The summed E-state index contributed by atoms with van der Waals surface area (Å²) in [5, 5.41) is 2.36. The van der Waals surface area contributed by atoms with Crippen LogP contribution in [0, 0.1) is 0 Å². The zero-order valence-corrected chi connectivity index (χ0v) is 37.5. The fourth-order valence-electron chi connectivity index (χ4n) is 6.63. The number of hydrogen-bond acceptors (Lipinski definition) is 10. The van der Waals surface area contributed by atoms with E-state index >= 15 is 0 Å². The van der Waals surface area contributed by atoms with Crippen LogP contribution in [0.25, 0.3) is 0 Å². The second kappa shape index (κ2) is 42.4. The van der Waals surface area contributed by atoms with Gasteiger partial charge in [0, 0.05) is 25.9 Å². The van der Waals surface area contributed by atoms with Crippen LogP contribution in [0.5, 0.6) is 0 Å². The Morgan fingerprint density at radius 3 is 1.32 bits per heavy atom. The number of hydrogen-bond donors (Lipinski definition) is 3. The molecule has 0 spiro atoms. The van der Waals surface area contributed by atoms with Crippen molar-refractivity contribution >= 4 is 25.9 Å². The number of ether oxygens (including phenoxy) is 3. The number of phosphoric acid groups is 1. The summed E-state index contributed by atoms with van der Waals surface area (Å²) >= 11 is 0. The van der Waals surface area contributed by atoms with E-state index in [9.17, 15) is 23.8 Å². The van der Waals surface area contributed by atoms with Gasteiger partial charge in [0.1, 0.15) is 13.2 Å². The third-order valence-corrected chi connectivity index (χ3v) is 11.1. The predicted molar refractivity (Wildman–Crippen MR) is 230 cm³/mol. The summed E-state index contributed by atoms with van der Waals surface area (Å²) < 4.78 is 38.1. The predicted octanol–water partition coefficient (Wildman–Crippen LogP) is 11.8. The molecule has 0 saturated heterocycles. The number of nitrogens with two attached hydrogens (primary N) is 1. The van der Waals surface area contributed by atoms with Crippen molar-refractivity contribution < 1.29 is 47.1 Å². The standard InChI is InChI=1S/C44H87N2O10P/c1-3-5-7-9-11-13-15-17-19-21-23-25-27-29-31-33-42(47)53-39-41(40-55-57(50,51)54-38-36-46-44(49)52-37-35-45)56-43(48)34-32-30-28-26-24-22-20-18-16-14-12-10-8-6-4-2/h41H,3-40,45H2,1-2H3,(H,46,49)(H,50,51)/t41-/m1/s1. The molecule has 0 aromatic rings. The van der Waals surface area contributed by atoms with Gasteiger partial charge in [-0.25, -0.2) is 9.36 Å². The van der Waals surface area contributed by atoms with E-state index in [0.29, 0.717) is 12.8 Å². The van der Waals surface area contributed by atoms with E-state index in [-0.39, 0.29) is 45.8 Å². The zero-order chi connectivity index (χ0) is 41.9. The molecule has 0 aliphatic heterocycles. The van der Waals surface area contributed by atoms with Gasteiger partial charge in [-0.1, -0.05) is 194 Å². The van der Waals surface area contributed by atoms with Crippen LogP contribution < -0.4 is 11.1 Å². The molecule has 1 unspecified atom stereocenters. The molecule has 338 valence electrons. The van der Waals surface area contributed by atoms with E-state index in [1.807, 2.05) is 0 Å². The lowest BCUT2D eigenvalue weighted by atomic mass is 10.0. The summed E-state index contributed by atoms with van der Waals surface area (Å²) in [6.45, 7) is 3.48. The van der Waals surface area contributed by atoms with Crippen molar-refractivity contribution in [1.29, 1.82) is 0 Å². The molecule has 0 rings (SSSR count). The van der Waals surface area contributed by atoms with Gasteiger partial charge in [-0.3, -0.25) is 18.6 Å². The normalized spacial score (nSPS) is 12.9. The highest BCUT2D eigenvalue weighted by molar-refractivity contribution is 7.47. The van der Waals surface area contributed by atoms with E-state index in [4.69, 9.17) is 29.0 Å². The Balaban J connectivity index is 4.40. The average Bonchev–Trinajstić information content (AvgIpc) is 3.19. The maximum absolute atomic E-state index is 12.7. The highest BCUT2D eigenvalue weighted by atomic mass is 31.2. The van der Waals surface area contributed by atoms with Gasteiger partial charge in [0.15, 0.2) is 6.10 Å². The lowest BCUT2D eigenvalue weighted by molar-refractivity contribution is -0.161. The first-order valence-corrected chi connectivity index (χ1v) is 24.8. The number of rotatable bonds is 44. The van der Waals surface area contributed by atoms with Crippen molar-refractivity contribution in [1.82, 2.24) is 5.32 Å². The molecule has 57 heavy (non-hydrogen) atoms. The molecule has 4 N–H and O–H groups in total. The molecule has 12 nitrogen and oxygen atoms in total. The number of alkyl carbamates (subject to hydrolysis) is 1. The fourth-order valence-corrected chi connectivity index (χ4v) is 7.38. The van der Waals surface area contributed by atoms with Crippen LogP contribution >= 0.6 is 7.82 Å². The first kappa shape index (κ1) is 55.3. The van der Waals surface area contributed by atoms with Gasteiger partial charge < -0.3 is 30.2 Å². The summed E-state index contributed by atoms with van der Waals surface area (Å²) in [7, 11) is -4.56. The molecule has 13 heteroatoms.